The highest BCUT2D eigenvalue weighted by atomic mass is 15.3. The highest BCUT2D eigenvalue weighted by Gasteiger charge is 2.06. The molecule has 0 spiro atoms. The normalized spacial score (nSPS) is 12.9. The summed E-state index contributed by atoms with van der Waals surface area (Å²) in [5.41, 5.74) is 1.04. The topological polar surface area (TPSA) is 41.6 Å². The zero-order chi connectivity index (χ0) is 9.14. The molecule has 1 aromatic rings. The van der Waals surface area contributed by atoms with Gasteiger partial charge in [0.1, 0.15) is 6.04 Å². The van der Waals surface area contributed by atoms with Crippen molar-refractivity contribution in [2.45, 2.75) is 32.7 Å². The molecule has 3 nitrogen and oxygen atoms in total. The van der Waals surface area contributed by atoms with E-state index in [1.165, 1.54) is 0 Å². The third-order valence-corrected chi connectivity index (χ3v) is 1.80. The van der Waals surface area contributed by atoms with Gasteiger partial charge in [0.15, 0.2) is 0 Å². The molecular formula is C9H13N3. The fourth-order valence-electron chi connectivity index (χ4n) is 0.936. The first-order valence-corrected chi connectivity index (χ1v) is 4.10. The van der Waals surface area contributed by atoms with Crippen molar-refractivity contribution >= 4 is 0 Å². The Balaban J connectivity index is 2.86. The summed E-state index contributed by atoms with van der Waals surface area (Å²) in [6, 6.07) is 3.92. The first-order chi connectivity index (χ1) is 5.65. The molecule has 0 amide bonds. The molecule has 0 radical (unpaired) electrons. The first kappa shape index (κ1) is 8.79. The molecule has 1 atom stereocenters. The molecule has 1 rings (SSSR count). The summed E-state index contributed by atoms with van der Waals surface area (Å²) < 4.78 is 1.69. The lowest BCUT2D eigenvalue weighted by Crippen LogP contribution is -2.03. The van der Waals surface area contributed by atoms with Gasteiger partial charge in [0, 0.05) is 6.20 Å². The van der Waals surface area contributed by atoms with Crippen molar-refractivity contribution in [3.05, 3.63) is 18.0 Å². The van der Waals surface area contributed by atoms with Gasteiger partial charge < -0.3 is 0 Å². The van der Waals surface area contributed by atoms with Crippen molar-refractivity contribution in [1.29, 1.82) is 5.26 Å². The SMILES string of the molecule is CC(C)c1ccn(C(C)C#N)n1. The summed E-state index contributed by atoms with van der Waals surface area (Å²) in [4.78, 5) is 0. The van der Waals surface area contributed by atoms with Crippen LogP contribution in [0.4, 0.5) is 0 Å². The van der Waals surface area contributed by atoms with Crippen molar-refractivity contribution in [1.82, 2.24) is 9.78 Å². The molecule has 0 fully saturated rings. The van der Waals surface area contributed by atoms with Crippen LogP contribution < -0.4 is 0 Å². The van der Waals surface area contributed by atoms with Gasteiger partial charge >= 0.3 is 0 Å². The molecule has 1 heterocycles. The minimum absolute atomic E-state index is 0.169. The second-order valence-electron chi connectivity index (χ2n) is 3.18. The van der Waals surface area contributed by atoms with Gasteiger partial charge in [-0.05, 0) is 18.9 Å². The van der Waals surface area contributed by atoms with E-state index >= 15 is 0 Å². The standard InChI is InChI=1S/C9H13N3/c1-7(2)9-4-5-12(11-9)8(3)6-10/h4-5,7-8H,1-3H3. The minimum atomic E-state index is -0.169. The third kappa shape index (κ3) is 1.65. The van der Waals surface area contributed by atoms with Crippen LogP contribution in [0.2, 0.25) is 0 Å². The number of rotatable bonds is 2. The molecule has 64 valence electrons. The van der Waals surface area contributed by atoms with Crippen LogP contribution in [0.3, 0.4) is 0 Å². The van der Waals surface area contributed by atoms with Crippen LogP contribution in [0.5, 0.6) is 0 Å². The number of nitrogens with zero attached hydrogens (tertiary/aromatic N) is 3. The Labute approximate surface area is 72.6 Å². The van der Waals surface area contributed by atoms with Gasteiger partial charge in [0.25, 0.3) is 0 Å². The smallest absolute Gasteiger partial charge is 0.135 e. The zero-order valence-electron chi connectivity index (χ0n) is 7.65. The van der Waals surface area contributed by atoms with Crippen molar-refractivity contribution in [2.24, 2.45) is 0 Å². The second kappa shape index (κ2) is 3.40. The van der Waals surface area contributed by atoms with Crippen molar-refractivity contribution in [2.75, 3.05) is 0 Å². The van der Waals surface area contributed by atoms with E-state index in [2.05, 4.69) is 25.0 Å². The molecule has 12 heavy (non-hydrogen) atoms. The van der Waals surface area contributed by atoms with Gasteiger partial charge in [-0.15, -0.1) is 0 Å². The second-order valence-corrected chi connectivity index (χ2v) is 3.18. The Kier molecular flexibility index (Phi) is 2.49. The highest BCUT2D eigenvalue weighted by Crippen LogP contribution is 2.12. The summed E-state index contributed by atoms with van der Waals surface area (Å²) >= 11 is 0. The minimum Gasteiger partial charge on any atom is -0.256 e. The lowest BCUT2D eigenvalue weighted by Gasteiger charge is -2.02. The van der Waals surface area contributed by atoms with Crippen LogP contribution in [0.15, 0.2) is 12.3 Å². The molecule has 0 saturated heterocycles. The fraction of sp³-hybridized carbons (Fsp3) is 0.556. The Morgan fingerprint density at radius 1 is 1.50 bits per heavy atom. The molecule has 0 aliphatic rings. The summed E-state index contributed by atoms with van der Waals surface area (Å²) in [5, 5.41) is 12.9. The lowest BCUT2D eigenvalue weighted by molar-refractivity contribution is 0.576. The predicted octanol–water partition coefficient (Wildman–Crippen LogP) is 2.09. The summed E-state index contributed by atoms with van der Waals surface area (Å²) in [5.74, 6) is 0.428. The average molecular weight is 163 g/mol. The Morgan fingerprint density at radius 2 is 2.17 bits per heavy atom. The zero-order valence-corrected chi connectivity index (χ0v) is 7.65. The molecule has 0 bridgehead atoms. The van der Waals surface area contributed by atoms with Gasteiger partial charge in [-0.2, -0.15) is 10.4 Å². The molecule has 0 N–H and O–H groups in total. The van der Waals surface area contributed by atoms with Crippen LogP contribution in [0, 0.1) is 11.3 Å². The van der Waals surface area contributed by atoms with Crippen molar-refractivity contribution in [3.8, 4) is 6.07 Å². The summed E-state index contributed by atoms with van der Waals surface area (Å²) in [6.45, 7) is 6.00. The Hall–Kier alpha value is -1.30. The average Bonchev–Trinajstić information content (AvgIpc) is 2.51. The molecule has 0 aliphatic heterocycles. The van der Waals surface area contributed by atoms with E-state index in [0.29, 0.717) is 5.92 Å². The maximum absolute atomic E-state index is 8.63. The highest BCUT2D eigenvalue weighted by molar-refractivity contribution is 5.05. The van der Waals surface area contributed by atoms with E-state index in [-0.39, 0.29) is 6.04 Å². The molecule has 3 heteroatoms. The van der Waals surface area contributed by atoms with Crippen LogP contribution in [-0.4, -0.2) is 9.78 Å². The van der Waals surface area contributed by atoms with E-state index in [9.17, 15) is 0 Å². The quantitative estimate of drug-likeness (QED) is 0.669. The van der Waals surface area contributed by atoms with Crippen LogP contribution in [0.25, 0.3) is 0 Å². The molecule has 0 aliphatic carbocycles. The molecular weight excluding hydrogens is 150 g/mol. The van der Waals surface area contributed by atoms with Crippen LogP contribution in [0.1, 0.15) is 38.4 Å². The number of hydrogen-bond acceptors (Lipinski definition) is 2. The van der Waals surface area contributed by atoms with Crippen molar-refractivity contribution < 1.29 is 0 Å². The van der Waals surface area contributed by atoms with Gasteiger partial charge in [-0.1, -0.05) is 13.8 Å². The van der Waals surface area contributed by atoms with Crippen LogP contribution >= 0.6 is 0 Å². The lowest BCUT2D eigenvalue weighted by atomic mass is 10.1. The predicted molar refractivity (Wildman–Crippen MR) is 46.6 cm³/mol. The van der Waals surface area contributed by atoms with E-state index in [0.717, 1.165) is 5.69 Å². The molecule has 0 aromatic carbocycles. The number of hydrogen-bond donors (Lipinski definition) is 0. The number of nitriles is 1. The van der Waals surface area contributed by atoms with E-state index in [4.69, 9.17) is 5.26 Å². The largest absolute Gasteiger partial charge is 0.256 e. The monoisotopic (exact) mass is 163 g/mol. The molecule has 1 unspecified atom stereocenters. The van der Waals surface area contributed by atoms with Gasteiger partial charge in [-0.25, -0.2) is 0 Å². The van der Waals surface area contributed by atoms with Gasteiger partial charge in [0.2, 0.25) is 0 Å². The number of aromatic nitrogens is 2. The van der Waals surface area contributed by atoms with E-state index < -0.39 is 0 Å². The fourth-order valence-corrected chi connectivity index (χ4v) is 0.936. The molecule has 0 saturated carbocycles. The van der Waals surface area contributed by atoms with Gasteiger partial charge in [0.05, 0.1) is 11.8 Å². The maximum Gasteiger partial charge on any atom is 0.135 e. The van der Waals surface area contributed by atoms with E-state index in [1.807, 2.05) is 19.2 Å². The van der Waals surface area contributed by atoms with E-state index in [1.54, 1.807) is 4.68 Å². The molecule has 1 aromatic heterocycles. The van der Waals surface area contributed by atoms with Crippen LogP contribution in [-0.2, 0) is 0 Å². The van der Waals surface area contributed by atoms with Gasteiger partial charge in [-0.3, -0.25) is 4.68 Å². The summed E-state index contributed by atoms with van der Waals surface area (Å²) in [7, 11) is 0. The Bertz CT molecular complexity index is 293. The Morgan fingerprint density at radius 3 is 2.58 bits per heavy atom. The third-order valence-electron chi connectivity index (χ3n) is 1.80. The maximum atomic E-state index is 8.63. The van der Waals surface area contributed by atoms with Crippen molar-refractivity contribution in [3.63, 3.8) is 0 Å². The first-order valence-electron chi connectivity index (χ1n) is 4.10. The summed E-state index contributed by atoms with van der Waals surface area (Å²) in [6.07, 6.45) is 1.85.